The fourth-order valence-corrected chi connectivity index (χ4v) is 5.65. The Morgan fingerprint density at radius 3 is 2.75 bits per heavy atom. The quantitative estimate of drug-likeness (QED) is 0.475. The molecule has 1 aromatic rings. The third-order valence-corrected chi connectivity index (χ3v) is 7.27. The lowest BCUT2D eigenvalue weighted by molar-refractivity contribution is 0.470. The maximum Gasteiger partial charge on any atom is 0.143 e. The van der Waals surface area contributed by atoms with Crippen molar-refractivity contribution in [2.24, 2.45) is 5.84 Å². The first kappa shape index (κ1) is 16.5. The second-order valence-corrected chi connectivity index (χ2v) is 8.34. The van der Waals surface area contributed by atoms with E-state index in [1.807, 2.05) is 23.5 Å². The summed E-state index contributed by atoms with van der Waals surface area (Å²) in [6, 6.07) is 2.51. The summed E-state index contributed by atoms with van der Waals surface area (Å²) in [6.07, 6.45) is 0.246. The molecule has 0 bridgehead atoms. The Hall–Kier alpha value is 0.180. The van der Waals surface area contributed by atoms with Crippen LogP contribution in [-0.2, 0) is 6.42 Å². The summed E-state index contributed by atoms with van der Waals surface area (Å²) in [5.41, 5.74) is 2.83. The minimum atomic E-state index is -0.536. The summed E-state index contributed by atoms with van der Waals surface area (Å²) in [7, 11) is 0. The number of rotatable bonds is 4. The molecule has 3 N–H and O–H groups in total. The van der Waals surface area contributed by atoms with Crippen LogP contribution in [0.25, 0.3) is 0 Å². The van der Waals surface area contributed by atoms with Crippen molar-refractivity contribution in [2.45, 2.75) is 29.9 Å². The first-order chi connectivity index (χ1) is 9.54. The molecule has 2 rings (SSSR count). The van der Waals surface area contributed by atoms with E-state index in [-0.39, 0.29) is 27.7 Å². The molecule has 1 aliphatic heterocycles. The Morgan fingerprint density at radius 2 is 2.10 bits per heavy atom. The number of hydrogen-bond donors (Lipinski definition) is 2. The molecule has 7 heteroatoms. The van der Waals surface area contributed by atoms with Gasteiger partial charge in [-0.15, -0.1) is 0 Å². The number of hydrazine groups is 1. The second kappa shape index (κ2) is 7.45. The van der Waals surface area contributed by atoms with Gasteiger partial charge in [0.2, 0.25) is 0 Å². The van der Waals surface area contributed by atoms with E-state index in [1.54, 1.807) is 0 Å². The number of benzene rings is 1. The van der Waals surface area contributed by atoms with E-state index in [0.29, 0.717) is 5.25 Å². The Labute approximate surface area is 134 Å². The predicted octanol–water partition coefficient (Wildman–Crippen LogP) is 3.34. The van der Waals surface area contributed by atoms with E-state index in [4.69, 9.17) is 5.84 Å². The van der Waals surface area contributed by atoms with Crippen LogP contribution in [0, 0.1) is 11.6 Å². The standard InChI is InChI=1S/C13H17BrF2N2S2/c1-7-13(20-5-4-19-7)11(18-17)6-8-10(15)3-2-9(14)12(8)16/h2-3,7,11,13,18H,4-6,17H2,1H3. The van der Waals surface area contributed by atoms with Gasteiger partial charge in [0.15, 0.2) is 0 Å². The van der Waals surface area contributed by atoms with E-state index in [2.05, 4.69) is 28.3 Å². The van der Waals surface area contributed by atoms with Crippen LogP contribution in [0.1, 0.15) is 12.5 Å². The fraction of sp³-hybridized carbons (Fsp3) is 0.538. The van der Waals surface area contributed by atoms with Crippen molar-refractivity contribution in [3.05, 3.63) is 33.8 Å². The molecule has 0 aromatic heterocycles. The predicted molar refractivity (Wildman–Crippen MR) is 87.0 cm³/mol. The molecule has 0 saturated carbocycles. The van der Waals surface area contributed by atoms with E-state index < -0.39 is 11.6 Å². The van der Waals surface area contributed by atoms with Gasteiger partial charge in [0.05, 0.1) is 4.47 Å². The molecule has 0 amide bonds. The van der Waals surface area contributed by atoms with Gasteiger partial charge in [0, 0.05) is 33.6 Å². The number of thioether (sulfide) groups is 2. The average molecular weight is 383 g/mol. The SMILES string of the molecule is CC1SCCSC1C(Cc1c(F)ccc(Br)c1F)NN. The summed E-state index contributed by atoms with van der Waals surface area (Å²) in [5.74, 6) is 6.72. The molecular weight excluding hydrogens is 366 g/mol. The van der Waals surface area contributed by atoms with Crippen LogP contribution in [0.2, 0.25) is 0 Å². The summed E-state index contributed by atoms with van der Waals surface area (Å²) in [4.78, 5) is 0. The van der Waals surface area contributed by atoms with Crippen molar-refractivity contribution in [3.8, 4) is 0 Å². The van der Waals surface area contributed by atoms with Crippen molar-refractivity contribution >= 4 is 39.5 Å². The van der Waals surface area contributed by atoms with Gasteiger partial charge in [-0.05, 0) is 34.5 Å². The second-order valence-electron chi connectivity index (χ2n) is 4.71. The van der Waals surface area contributed by atoms with Gasteiger partial charge in [-0.2, -0.15) is 23.5 Å². The van der Waals surface area contributed by atoms with Crippen LogP contribution >= 0.6 is 39.5 Å². The smallest absolute Gasteiger partial charge is 0.143 e. The minimum Gasteiger partial charge on any atom is -0.271 e. The van der Waals surface area contributed by atoms with Gasteiger partial charge < -0.3 is 0 Å². The molecule has 0 aliphatic carbocycles. The van der Waals surface area contributed by atoms with Gasteiger partial charge in [0.25, 0.3) is 0 Å². The molecule has 1 saturated heterocycles. The largest absolute Gasteiger partial charge is 0.271 e. The Kier molecular flexibility index (Phi) is 6.16. The zero-order valence-corrected chi connectivity index (χ0v) is 14.3. The molecule has 0 spiro atoms. The van der Waals surface area contributed by atoms with Crippen LogP contribution in [0.3, 0.4) is 0 Å². The van der Waals surface area contributed by atoms with E-state index in [9.17, 15) is 8.78 Å². The Bertz CT molecular complexity index is 476. The highest BCUT2D eigenvalue weighted by atomic mass is 79.9. The van der Waals surface area contributed by atoms with Gasteiger partial charge in [-0.25, -0.2) is 8.78 Å². The molecular formula is C13H17BrF2N2S2. The highest BCUT2D eigenvalue weighted by molar-refractivity contribution is 9.10. The van der Waals surface area contributed by atoms with Gasteiger partial charge >= 0.3 is 0 Å². The molecule has 3 atom stereocenters. The average Bonchev–Trinajstić information content (AvgIpc) is 2.45. The van der Waals surface area contributed by atoms with Gasteiger partial charge in [-0.1, -0.05) is 6.92 Å². The fourth-order valence-electron chi connectivity index (χ4n) is 2.34. The Balaban J connectivity index is 2.20. The van der Waals surface area contributed by atoms with Crippen molar-refractivity contribution < 1.29 is 8.78 Å². The van der Waals surface area contributed by atoms with Crippen molar-refractivity contribution in [1.82, 2.24) is 5.43 Å². The van der Waals surface area contributed by atoms with Gasteiger partial charge in [-0.3, -0.25) is 11.3 Å². The maximum atomic E-state index is 14.1. The molecule has 1 aliphatic rings. The summed E-state index contributed by atoms with van der Waals surface area (Å²) < 4.78 is 28.2. The lowest BCUT2D eigenvalue weighted by atomic mass is 10.0. The zero-order chi connectivity index (χ0) is 14.7. The van der Waals surface area contributed by atoms with E-state index >= 15 is 0 Å². The van der Waals surface area contributed by atoms with Crippen LogP contribution in [0.15, 0.2) is 16.6 Å². The van der Waals surface area contributed by atoms with Crippen LogP contribution in [0.4, 0.5) is 8.78 Å². The molecule has 1 aromatic carbocycles. The molecule has 1 heterocycles. The highest BCUT2D eigenvalue weighted by Gasteiger charge is 2.31. The van der Waals surface area contributed by atoms with Crippen LogP contribution < -0.4 is 11.3 Å². The molecule has 20 heavy (non-hydrogen) atoms. The van der Waals surface area contributed by atoms with Crippen molar-refractivity contribution in [1.29, 1.82) is 0 Å². The monoisotopic (exact) mass is 382 g/mol. The molecule has 1 fully saturated rings. The van der Waals surface area contributed by atoms with Crippen molar-refractivity contribution in [3.63, 3.8) is 0 Å². The molecule has 112 valence electrons. The topological polar surface area (TPSA) is 38.0 Å². The summed E-state index contributed by atoms with van der Waals surface area (Å²) >= 11 is 6.80. The third kappa shape index (κ3) is 3.68. The number of halogens is 3. The molecule has 2 nitrogen and oxygen atoms in total. The highest BCUT2D eigenvalue weighted by Crippen LogP contribution is 2.34. The van der Waals surface area contributed by atoms with Crippen molar-refractivity contribution in [2.75, 3.05) is 11.5 Å². The summed E-state index contributed by atoms with van der Waals surface area (Å²) in [6.45, 7) is 2.14. The summed E-state index contributed by atoms with van der Waals surface area (Å²) in [5, 5.41) is 0.657. The normalized spacial score (nSPS) is 24.6. The third-order valence-electron chi connectivity index (χ3n) is 3.41. The number of nitrogens with two attached hydrogens (primary N) is 1. The maximum absolute atomic E-state index is 14.1. The number of nitrogens with one attached hydrogen (secondary N) is 1. The van der Waals surface area contributed by atoms with Crippen LogP contribution in [-0.4, -0.2) is 28.0 Å². The zero-order valence-electron chi connectivity index (χ0n) is 11.0. The molecule has 3 unspecified atom stereocenters. The minimum absolute atomic E-state index is 0.0886. The van der Waals surface area contributed by atoms with E-state index in [1.165, 1.54) is 12.1 Å². The lowest BCUT2D eigenvalue weighted by Crippen LogP contribution is -2.49. The van der Waals surface area contributed by atoms with Gasteiger partial charge in [0.1, 0.15) is 11.6 Å². The molecule has 0 radical (unpaired) electrons. The Morgan fingerprint density at radius 1 is 1.40 bits per heavy atom. The number of hydrogen-bond acceptors (Lipinski definition) is 4. The van der Waals surface area contributed by atoms with E-state index in [0.717, 1.165) is 11.5 Å². The first-order valence-corrected chi connectivity index (χ1v) is 9.25. The first-order valence-electron chi connectivity index (χ1n) is 6.36. The lowest BCUT2D eigenvalue weighted by Gasteiger charge is -2.34. The van der Waals surface area contributed by atoms with Crippen LogP contribution in [0.5, 0.6) is 0 Å².